The monoisotopic (exact) mass is 363 g/mol. The smallest absolute Gasteiger partial charge is 0.237 e. The molecule has 130 valence electrons. The van der Waals surface area contributed by atoms with Crippen LogP contribution >= 0.6 is 11.8 Å². The third-order valence-electron chi connectivity index (χ3n) is 3.85. The molecule has 0 radical (unpaired) electrons. The number of aromatic nitrogens is 5. The van der Waals surface area contributed by atoms with Crippen molar-refractivity contribution in [2.45, 2.75) is 24.8 Å². The summed E-state index contributed by atoms with van der Waals surface area (Å²) < 4.78 is 7.26. The van der Waals surface area contributed by atoms with E-state index in [4.69, 9.17) is 4.52 Å². The number of aryl methyl sites for hydroxylation is 2. The van der Waals surface area contributed by atoms with E-state index in [0.29, 0.717) is 17.5 Å². The molecule has 7 heteroatoms. The van der Waals surface area contributed by atoms with Gasteiger partial charge in [0.1, 0.15) is 0 Å². The molecule has 4 rings (SSSR count). The largest absolute Gasteiger partial charge is 0.338 e. The van der Waals surface area contributed by atoms with Gasteiger partial charge in [-0.25, -0.2) is 0 Å². The summed E-state index contributed by atoms with van der Waals surface area (Å²) in [7, 11) is 0. The van der Waals surface area contributed by atoms with Gasteiger partial charge in [-0.1, -0.05) is 64.9 Å². The molecule has 0 unspecified atom stereocenters. The van der Waals surface area contributed by atoms with Gasteiger partial charge < -0.3 is 4.52 Å². The van der Waals surface area contributed by atoms with Crippen LogP contribution in [0.5, 0.6) is 0 Å². The molecule has 0 aliphatic carbocycles. The van der Waals surface area contributed by atoms with E-state index in [9.17, 15) is 0 Å². The Balaban J connectivity index is 1.73. The fraction of sp³-hybridized carbons (Fsp3) is 0.158. The van der Waals surface area contributed by atoms with Crippen molar-refractivity contribution in [2.75, 3.05) is 0 Å². The quantitative estimate of drug-likeness (QED) is 0.494. The third-order valence-corrected chi connectivity index (χ3v) is 4.77. The van der Waals surface area contributed by atoms with Crippen LogP contribution in [0.1, 0.15) is 17.3 Å². The molecule has 26 heavy (non-hydrogen) atoms. The summed E-state index contributed by atoms with van der Waals surface area (Å²) in [5.41, 5.74) is 3.24. The second-order valence-corrected chi connectivity index (χ2v) is 6.81. The van der Waals surface area contributed by atoms with Crippen molar-refractivity contribution in [1.82, 2.24) is 24.9 Å². The predicted octanol–water partition coefficient (Wildman–Crippen LogP) is 4.23. The first-order valence-corrected chi connectivity index (χ1v) is 9.19. The first-order valence-electron chi connectivity index (χ1n) is 8.20. The Labute approximate surface area is 155 Å². The van der Waals surface area contributed by atoms with E-state index in [2.05, 4.69) is 56.1 Å². The first-order chi connectivity index (χ1) is 12.7. The lowest BCUT2D eigenvalue weighted by molar-refractivity contribution is 0.387. The van der Waals surface area contributed by atoms with Crippen LogP contribution in [0.15, 0.2) is 64.3 Å². The summed E-state index contributed by atoms with van der Waals surface area (Å²) in [4.78, 5) is 4.25. The fourth-order valence-corrected chi connectivity index (χ4v) is 3.38. The number of thioether (sulfide) groups is 1. The number of nitrogens with zero attached hydrogens (tertiary/aromatic N) is 5. The van der Waals surface area contributed by atoms with Crippen LogP contribution in [0.2, 0.25) is 0 Å². The summed E-state index contributed by atoms with van der Waals surface area (Å²) in [5, 5.41) is 13.4. The summed E-state index contributed by atoms with van der Waals surface area (Å²) in [6.07, 6.45) is 0. The molecule has 0 bridgehead atoms. The Morgan fingerprint density at radius 1 is 0.962 bits per heavy atom. The average molecular weight is 363 g/mol. The zero-order valence-electron chi connectivity index (χ0n) is 14.5. The summed E-state index contributed by atoms with van der Waals surface area (Å²) in [6, 6.07) is 18.4. The van der Waals surface area contributed by atoms with Crippen LogP contribution in [-0.2, 0) is 5.75 Å². The summed E-state index contributed by atoms with van der Waals surface area (Å²) in [6.45, 7) is 3.88. The van der Waals surface area contributed by atoms with Gasteiger partial charge in [0.25, 0.3) is 0 Å². The van der Waals surface area contributed by atoms with Gasteiger partial charge in [-0.05, 0) is 26.0 Å². The molecule has 0 saturated carbocycles. The molecular formula is C19H17N5OS. The highest BCUT2D eigenvalue weighted by Gasteiger charge is 2.17. The van der Waals surface area contributed by atoms with Gasteiger partial charge in [-0.2, -0.15) is 4.98 Å². The molecule has 0 N–H and O–H groups in total. The van der Waals surface area contributed by atoms with Gasteiger partial charge >= 0.3 is 0 Å². The average Bonchev–Trinajstić information content (AvgIpc) is 3.27. The standard InChI is InChI=1S/C19H17N5OS/c1-13-8-10-16(11-9-13)24-18(15-6-4-3-5-7-15)21-22-19(24)26-12-17-20-14(2)23-25-17/h3-11H,12H2,1-2H3. The van der Waals surface area contributed by atoms with Crippen molar-refractivity contribution in [1.29, 1.82) is 0 Å². The van der Waals surface area contributed by atoms with Crippen LogP contribution in [0.3, 0.4) is 0 Å². The van der Waals surface area contributed by atoms with Gasteiger partial charge in [0.15, 0.2) is 16.8 Å². The molecule has 0 amide bonds. The first kappa shape index (κ1) is 16.5. The molecule has 0 spiro atoms. The van der Waals surface area contributed by atoms with E-state index in [1.807, 2.05) is 30.3 Å². The topological polar surface area (TPSA) is 69.6 Å². The minimum Gasteiger partial charge on any atom is -0.338 e. The van der Waals surface area contributed by atoms with Crippen LogP contribution in [0.4, 0.5) is 0 Å². The predicted molar refractivity (Wildman–Crippen MR) is 100 cm³/mol. The maximum atomic E-state index is 5.20. The molecule has 0 fully saturated rings. The number of rotatable bonds is 5. The van der Waals surface area contributed by atoms with E-state index in [0.717, 1.165) is 22.2 Å². The Kier molecular flexibility index (Phi) is 4.53. The van der Waals surface area contributed by atoms with E-state index in [1.54, 1.807) is 6.92 Å². The SMILES string of the molecule is Cc1ccc(-n2c(SCc3nc(C)no3)nnc2-c2ccccc2)cc1. The highest BCUT2D eigenvalue weighted by Crippen LogP contribution is 2.29. The highest BCUT2D eigenvalue weighted by molar-refractivity contribution is 7.98. The number of benzene rings is 2. The van der Waals surface area contributed by atoms with Crippen molar-refractivity contribution < 1.29 is 4.52 Å². The Hall–Kier alpha value is -2.93. The van der Waals surface area contributed by atoms with Crippen LogP contribution in [0.25, 0.3) is 17.1 Å². The van der Waals surface area contributed by atoms with Crippen molar-refractivity contribution >= 4 is 11.8 Å². The van der Waals surface area contributed by atoms with Crippen molar-refractivity contribution in [3.05, 3.63) is 71.9 Å². The van der Waals surface area contributed by atoms with E-state index < -0.39 is 0 Å². The second-order valence-electron chi connectivity index (χ2n) is 5.87. The van der Waals surface area contributed by atoms with Gasteiger partial charge in [0.2, 0.25) is 5.89 Å². The van der Waals surface area contributed by atoms with Gasteiger partial charge in [-0.3, -0.25) is 4.57 Å². The third kappa shape index (κ3) is 3.39. The zero-order chi connectivity index (χ0) is 17.9. The molecule has 0 atom stereocenters. The lowest BCUT2D eigenvalue weighted by Gasteiger charge is -2.10. The Morgan fingerprint density at radius 2 is 1.73 bits per heavy atom. The lowest BCUT2D eigenvalue weighted by Crippen LogP contribution is -2.00. The molecule has 0 aliphatic rings. The molecule has 4 aromatic rings. The van der Waals surface area contributed by atoms with Crippen LogP contribution < -0.4 is 0 Å². The maximum absolute atomic E-state index is 5.20. The van der Waals surface area contributed by atoms with Gasteiger partial charge in [0, 0.05) is 11.3 Å². The van der Waals surface area contributed by atoms with Gasteiger partial charge in [0.05, 0.1) is 5.75 Å². The molecule has 2 heterocycles. The lowest BCUT2D eigenvalue weighted by atomic mass is 10.2. The number of hydrogen-bond acceptors (Lipinski definition) is 6. The van der Waals surface area contributed by atoms with Crippen LogP contribution in [-0.4, -0.2) is 24.9 Å². The Morgan fingerprint density at radius 3 is 2.42 bits per heavy atom. The Bertz CT molecular complexity index is 1010. The van der Waals surface area contributed by atoms with E-state index in [-0.39, 0.29) is 0 Å². The zero-order valence-corrected chi connectivity index (χ0v) is 15.3. The van der Waals surface area contributed by atoms with Crippen molar-refractivity contribution in [3.63, 3.8) is 0 Å². The van der Waals surface area contributed by atoms with E-state index >= 15 is 0 Å². The minimum atomic E-state index is 0.541. The summed E-state index contributed by atoms with van der Waals surface area (Å²) >= 11 is 1.52. The minimum absolute atomic E-state index is 0.541. The highest BCUT2D eigenvalue weighted by atomic mass is 32.2. The van der Waals surface area contributed by atoms with Crippen molar-refractivity contribution in [3.8, 4) is 17.1 Å². The second kappa shape index (κ2) is 7.13. The van der Waals surface area contributed by atoms with E-state index in [1.165, 1.54) is 17.3 Å². The normalized spacial score (nSPS) is 11.0. The number of hydrogen-bond donors (Lipinski definition) is 0. The molecular weight excluding hydrogens is 346 g/mol. The van der Waals surface area contributed by atoms with Gasteiger partial charge in [-0.15, -0.1) is 10.2 Å². The molecule has 6 nitrogen and oxygen atoms in total. The molecule has 2 aromatic heterocycles. The fourth-order valence-electron chi connectivity index (χ4n) is 2.59. The molecule has 0 saturated heterocycles. The molecule has 2 aromatic carbocycles. The molecule has 0 aliphatic heterocycles. The maximum Gasteiger partial charge on any atom is 0.237 e. The van der Waals surface area contributed by atoms with Crippen molar-refractivity contribution in [2.24, 2.45) is 0 Å². The summed E-state index contributed by atoms with van der Waals surface area (Å²) in [5.74, 6) is 2.55. The van der Waals surface area contributed by atoms with Crippen LogP contribution in [0, 0.1) is 13.8 Å².